The molecule has 6 N–H and O–H groups in total. The molecule has 3 saturated heterocycles. The molecule has 0 saturated carbocycles. The van der Waals surface area contributed by atoms with Gasteiger partial charge in [-0.3, -0.25) is 43.9 Å². The monoisotopic (exact) mass is 865 g/mol. The van der Waals surface area contributed by atoms with Gasteiger partial charge in [0.1, 0.15) is 23.8 Å². The zero-order valence-corrected chi connectivity index (χ0v) is 35.3. The summed E-state index contributed by atoms with van der Waals surface area (Å²) in [7, 11) is 0. The minimum absolute atomic E-state index is 0.0604. The van der Waals surface area contributed by atoms with Gasteiger partial charge in [-0.05, 0) is 74.4 Å². The lowest BCUT2D eigenvalue weighted by molar-refractivity contribution is -0.136. The third kappa shape index (κ3) is 9.15. The number of aromatic nitrogens is 3. The molecule has 4 aliphatic rings. The lowest BCUT2D eigenvalue weighted by Crippen LogP contribution is -2.60. The molecule has 0 aliphatic carbocycles. The fourth-order valence-corrected chi connectivity index (χ4v) is 9.05. The number of carbonyl (C=O) groups is 6. The van der Waals surface area contributed by atoms with Gasteiger partial charge in [-0.15, -0.1) is 0 Å². The molecule has 2 aromatic heterocycles. The number of nitrogens with two attached hydrogens (primary N) is 1. The Bertz CT molecular complexity index is 2340. The normalized spacial score (nSPS) is 19.7. The fraction of sp³-hybridized carbons (Fsp3) is 0.455. The maximum absolute atomic E-state index is 13.9. The van der Waals surface area contributed by atoms with Gasteiger partial charge in [0, 0.05) is 82.1 Å². The molecule has 18 heteroatoms. The van der Waals surface area contributed by atoms with Crippen molar-refractivity contribution in [1.82, 2.24) is 40.3 Å². The van der Waals surface area contributed by atoms with E-state index in [0.717, 1.165) is 66.2 Å². The maximum Gasteiger partial charge on any atom is 0.264 e. The Balaban J connectivity index is 0.762. The summed E-state index contributed by atoms with van der Waals surface area (Å²) in [5, 5.41) is 10.3. The number of unbranched alkanes of at least 4 members (excludes halogenated alkanes) is 2. The third-order valence-electron chi connectivity index (χ3n) is 12.6. The summed E-state index contributed by atoms with van der Waals surface area (Å²) in [5.41, 5.74) is 8.50. The van der Waals surface area contributed by atoms with Crippen LogP contribution in [-0.4, -0.2) is 129 Å². The van der Waals surface area contributed by atoms with E-state index in [1.165, 1.54) is 0 Å². The molecule has 3 fully saturated rings. The Kier molecular flexibility index (Phi) is 12.8. The number of H-pyrrole nitrogens is 1. The van der Waals surface area contributed by atoms with Gasteiger partial charge in [-0.2, -0.15) is 0 Å². The lowest BCUT2D eigenvalue weighted by atomic mass is 9.87. The van der Waals surface area contributed by atoms with Crippen LogP contribution in [-0.2, 0) is 19.2 Å². The first kappa shape index (κ1) is 42.8. The number of benzene rings is 2. The smallest absolute Gasteiger partial charge is 0.264 e. The number of halogens is 1. The molecule has 8 rings (SSSR count). The van der Waals surface area contributed by atoms with Crippen molar-refractivity contribution >= 4 is 69.6 Å². The molecule has 4 aliphatic heterocycles. The van der Waals surface area contributed by atoms with Gasteiger partial charge in [0.15, 0.2) is 0 Å². The maximum atomic E-state index is 13.9. The number of rotatable bonds is 15. The van der Waals surface area contributed by atoms with E-state index in [9.17, 15) is 28.8 Å². The number of carbonyl (C=O) groups excluding carboxylic acids is 6. The SMILES string of the molecule is NC1(C(=O)NC(CCN2CCN(C(=O)CCCCCNc3cccc4c3C(=O)N(C3CCC(=O)NC3=O)C4=O)CC2)c2ccc(Cl)cc2)CCN(c2ncnc3[nH]ccc23)CC1. The molecule has 6 amide bonds. The van der Waals surface area contributed by atoms with E-state index in [-0.39, 0.29) is 41.8 Å². The number of piperazine rings is 1. The standard InChI is InChI=1S/C44H52ClN11O6/c45-29-10-8-28(9-11-29)32(51-43(62)44(46)16-21-55(22-17-44)39-31-14-19-48-38(31)49-27-50-39)15-20-53-23-25-54(26-24-53)36(58)7-2-1-3-18-47-33-6-4-5-30-37(33)42(61)56(41(30)60)34-12-13-35(57)52-40(34)59/h4-6,8-11,14,19,27,32,34,47H,1-3,7,12-13,15-18,20-26,46H2,(H,51,62)(H,48,49,50)(H,52,57,59). The summed E-state index contributed by atoms with van der Waals surface area (Å²) in [6.45, 7) is 5.16. The van der Waals surface area contributed by atoms with Crippen molar-refractivity contribution in [3.8, 4) is 0 Å². The number of nitrogens with one attached hydrogen (secondary N) is 4. The summed E-state index contributed by atoms with van der Waals surface area (Å²) in [6.07, 6.45) is 7.86. The van der Waals surface area contributed by atoms with Crippen molar-refractivity contribution in [2.24, 2.45) is 5.73 Å². The molecular formula is C44H52ClN11O6. The van der Waals surface area contributed by atoms with E-state index in [1.807, 2.05) is 41.4 Å². The van der Waals surface area contributed by atoms with Crippen molar-refractivity contribution in [2.75, 3.05) is 62.6 Å². The molecule has 0 radical (unpaired) electrons. The number of hydrogen-bond donors (Lipinski definition) is 5. The van der Waals surface area contributed by atoms with E-state index in [4.69, 9.17) is 17.3 Å². The first-order valence-corrected chi connectivity index (χ1v) is 21.8. The number of aromatic amines is 1. The zero-order valence-electron chi connectivity index (χ0n) is 34.5. The molecule has 2 atom stereocenters. The first-order chi connectivity index (χ1) is 30.0. The summed E-state index contributed by atoms with van der Waals surface area (Å²) < 4.78 is 0. The van der Waals surface area contributed by atoms with E-state index in [2.05, 4.69) is 40.7 Å². The summed E-state index contributed by atoms with van der Waals surface area (Å²) in [6, 6.07) is 13.2. The van der Waals surface area contributed by atoms with E-state index in [1.54, 1.807) is 24.5 Å². The summed E-state index contributed by atoms with van der Waals surface area (Å²) >= 11 is 6.23. The second-order valence-electron chi connectivity index (χ2n) is 16.6. The number of imide groups is 2. The summed E-state index contributed by atoms with van der Waals surface area (Å²) in [5.74, 6) is -1.37. The molecule has 6 heterocycles. The Labute approximate surface area is 364 Å². The van der Waals surface area contributed by atoms with E-state index in [0.29, 0.717) is 69.1 Å². The van der Waals surface area contributed by atoms with Crippen molar-refractivity contribution in [3.05, 3.63) is 82.8 Å². The van der Waals surface area contributed by atoms with Crippen LogP contribution in [0.4, 0.5) is 11.5 Å². The molecule has 62 heavy (non-hydrogen) atoms. The van der Waals surface area contributed by atoms with Crippen molar-refractivity contribution in [3.63, 3.8) is 0 Å². The van der Waals surface area contributed by atoms with Gasteiger partial charge in [0.2, 0.25) is 23.6 Å². The van der Waals surface area contributed by atoms with Crippen LogP contribution in [0.15, 0.2) is 61.1 Å². The zero-order chi connectivity index (χ0) is 43.4. The van der Waals surface area contributed by atoms with Crippen LogP contribution in [0.2, 0.25) is 5.02 Å². The predicted octanol–water partition coefficient (Wildman–Crippen LogP) is 3.37. The molecular weight excluding hydrogens is 814 g/mol. The number of amides is 6. The van der Waals surface area contributed by atoms with Crippen LogP contribution in [0.25, 0.3) is 11.0 Å². The minimum atomic E-state index is -1.03. The van der Waals surface area contributed by atoms with Gasteiger partial charge in [-0.1, -0.05) is 36.2 Å². The van der Waals surface area contributed by atoms with Crippen molar-refractivity contribution < 1.29 is 28.8 Å². The van der Waals surface area contributed by atoms with Crippen LogP contribution in [0.1, 0.15) is 90.1 Å². The van der Waals surface area contributed by atoms with Crippen LogP contribution < -0.4 is 26.6 Å². The average Bonchev–Trinajstić information content (AvgIpc) is 3.86. The highest BCUT2D eigenvalue weighted by Gasteiger charge is 2.46. The number of fused-ring (bicyclic) bond motifs is 2. The Morgan fingerprint density at radius 3 is 2.45 bits per heavy atom. The number of nitrogens with zero attached hydrogens (tertiary/aromatic N) is 6. The summed E-state index contributed by atoms with van der Waals surface area (Å²) in [4.78, 5) is 96.9. The van der Waals surface area contributed by atoms with Crippen LogP contribution in [0.5, 0.6) is 0 Å². The van der Waals surface area contributed by atoms with Crippen LogP contribution >= 0.6 is 11.6 Å². The Hall–Kier alpha value is -5.91. The molecule has 0 bridgehead atoms. The molecule has 4 aromatic rings. The van der Waals surface area contributed by atoms with Crippen molar-refractivity contribution in [1.29, 1.82) is 0 Å². The highest BCUT2D eigenvalue weighted by atomic mass is 35.5. The topological polar surface area (TPSA) is 219 Å². The number of anilines is 2. The second kappa shape index (κ2) is 18.6. The Morgan fingerprint density at radius 1 is 0.919 bits per heavy atom. The van der Waals surface area contributed by atoms with Gasteiger partial charge in [0.25, 0.3) is 11.8 Å². The highest BCUT2D eigenvalue weighted by Crippen LogP contribution is 2.33. The van der Waals surface area contributed by atoms with Crippen LogP contribution in [0, 0.1) is 0 Å². The van der Waals surface area contributed by atoms with Gasteiger partial charge in [-0.25, -0.2) is 9.97 Å². The predicted molar refractivity (Wildman–Crippen MR) is 232 cm³/mol. The first-order valence-electron chi connectivity index (χ1n) is 21.5. The average molecular weight is 866 g/mol. The second-order valence-corrected chi connectivity index (χ2v) is 17.0. The number of piperidine rings is 2. The van der Waals surface area contributed by atoms with Crippen molar-refractivity contribution in [2.45, 2.75) is 75.4 Å². The molecule has 17 nitrogen and oxygen atoms in total. The quantitative estimate of drug-likeness (QED) is 0.0859. The molecule has 2 aromatic carbocycles. The number of hydrogen-bond acceptors (Lipinski definition) is 12. The van der Waals surface area contributed by atoms with Crippen LogP contribution in [0.3, 0.4) is 0 Å². The third-order valence-corrected chi connectivity index (χ3v) is 12.9. The van der Waals surface area contributed by atoms with Gasteiger partial charge in [0.05, 0.1) is 28.1 Å². The molecule has 2 unspecified atom stereocenters. The largest absolute Gasteiger partial charge is 0.384 e. The van der Waals surface area contributed by atoms with Gasteiger partial charge < -0.3 is 31.2 Å². The highest BCUT2D eigenvalue weighted by molar-refractivity contribution is 6.30. The van der Waals surface area contributed by atoms with Gasteiger partial charge >= 0.3 is 0 Å². The Morgan fingerprint density at radius 2 is 1.69 bits per heavy atom. The molecule has 0 spiro atoms. The molecule has 326 valence electrons. The van der Waals surface area contributed by atoms with E-state index >= 15 is 0 Å². The minimum Gasteiger partial charge on any atom is -0.384 e. The van der Waals surface area contributed by atoms with E-state index < -0.39 is 35.2 Å². The fourth-order valence-electron chi connectivity index (χ4n) is 8.93. The lowest BCUT2D eigenvalue weighted by Gasteiger charge is -2.39.